The minimum atomic E-state index is -1.68. The van der Waals surface area contributed by atoms with Gasteiger partial charge in [0.15, 0.2) is 0 Å². The number of halogens is 1. The Kier molecular flexibility index (Phi) is 3.73. The van der Waals surface area contributed by atoms with Crippen molar-refractivity contribution in [1.82, 2.24) is 5.32 Å². The average molecular weight is 314 g/mol. The predicted molar refractivity (Wildman–Crippen MR) is 82.4 cm³/mol. The first-order valence-corrected chi connectivity index (χ1v) is 7.11. The van der Waals surface area contributed by atoms with Crippen molar-refractivity contribution in [2.75, 3.05) is 5.32 Å². The second-order valence-electron chi connectivity index (χ2n) is 5.40. The number of nitrogens with one attached hydrogen (secondary N) is 2. The van der Waals surface area contributed by atoms with Crippen LogP contribution in [0.2, 0.25) is 0 Å². The summed E-state index contributed by atoms with van der Waals surface area (Å²) >= 11 is 0. The molecule has 0 aliphatic carbocycles. The number of hydrogen-bond acceptors (Lipinski definition) is 3. The highest BCUT2D eigenvalue weighted by atomic mass is 19.1. The zero-order valence-corrected chi connectivity index (χ0v) is 12.4. The maximum absolute atomic E-state index is 13.1. The number of hydrogen-bond donors (Lipinski definition) is 2. The van der Waals surface area contributed by atoms with Crippen molar-refractivity contribution in [2.24, 2.45) is 0 Å². The molecule has 6 heteroatoms. The van der Waals surface area contributed by atoms with Gasteiger partial charge >= 0.3 is 0 Å². The minimum Gasteiger partial charge on any atom is -0.466 e. The normalized spacial score (nSPS) is 19.3. The van der Waals surface area contributed by atoms with E-state index in [4.69, 9.17) is 4.74 Å². The Bertz CT molecular complexity index is 778. The number of benzene rings is 2. The van der Waals surface area contributed by atoms with Gasteiger partial charge in [0.1, 0.15) is 11.6 Å². The molecule has 1 atom stereocenters. The summed E-state index contributed by atoms with van der Waals surface area (Å²) in [5, 5.41) is 5.26. The fourth-order valence-electron chi connectivity index (χ4n) is 2.31. The van der Waals surface area contributed by atoms with Crippen LogP contribution in [0, 0.1) is 5.82 Å². The van der Waals surface area contributed by atoms with Crippen LogP contribution in [0.4, 0.5) is 10.1 Å². The van der Waals surface area contributed by atoms with Gasteiger partial charge in [-0.05, 0) is 36.8 Å². The highest BCUT2D eigenvalue weighted by molar-refractivity contribution is 6.15. The number of carbonyl (C=O) groups is 2. The molecule has 0 fully saturated rings. The summed E-state index contributed by atoms with van der Waals surface area (Å²) in [5.74, 6) is -1.10. The van der Waals surface area contributed by atoms with Crippen molar-refractivity contribution in [1.29, 1.82) is 0 Å². The molecule has 23 heavy (non-hydrogen) atoms. The fourth-order valence-corrected chi connectivity index (χ4v) is 2.31. The van der Waals surface area contributed by atoms with Crippen molar-refractivity contribution in [3.05, 3.63) is 59.9 Å². The molecule has 2 aromatic rings. The van der Waals surface area contributed by atoms with E-state index < -0.39 is 17.4 Å². The van der Waals surface area contributed by atoms with E-state index in [-0.39, 0.29) is 12.4 Å². The summed E-state index contributed by atoms with van der Waals surface area (Å²) in [6, 6.07) is 12.8. The highest BCUT2D eigenvalue weighted by Gasteiger charge is 2.47. The molecule has 5 nitrogen and oxygen atoms in total. The van der Waals surface area contributed by atoms with E-state index in [1.54, 1.807) is 36.4 Å². The third-order valence-electron chi connectivity index (χ3n) is 3.66. The van der Waals surface area contributed by atoms with Crippen LogP contribution < -0.4 is 15.4 Å². The molecule has 2 N–H and O–H groups in total. The molecule has 3 rings (SSSR count). The van der Waals surface area contributed by atoms with Gasteiger partial charge in [0, 0.05) is 6.54 Å². The zero-order chi connectivity index (χ0) is 16.4. The molecule has 0 spiro atoms. The number of anilines is 1. The third-order valence-corrected chi connectivity index (χ3v) is 3.66. The van der Waals surface area contributed by atoms with Crippen LogP contribution in [-0.2, 0) is 16.1 Å². The number of rotatable bonds is 3. The van der Waals surface area contributed by atoms with Crippen LogP contribution in [0.3, 0.4) is 0 Å². The molecule has 0 bridgehead atoms. The first-order valence-electron chi connectivity index (χ1n) is 7.11. The highest BCUT2D eigenvalue weighted by Crippen LogP contribution is 2.33. The summed E-state index contributed by atoms with van der Waals surface area (Å²) in [7, 11) is 0. The lowest BCUT2D eigenvalue weighted by Gasteiger charge is -2.33. The Labute approximate surface area is 132 Å². The largest absolute Gasteiger partial charge is 0.466 e. The van der Waals surface area contributed by atoms with Gasteiger partial charge in [-0.2, -0.15) is 0 Å². The smallest absolute Gasteiger partial charge is 0.278 e. The Balaban J connectivity index is 1.75. The van der Waals surface area contributed by atoms with Gasteiger partial charge in [-0.3, -0.25) is 9.59 Å². The van der Waals surface area contributed by atoms with Crippen LogP contribution >= 0.6 is 0 Å². The van der Waals surface area contributed by atoms with Crippen molar-refractivity contribution in [2.45, 2.75) is 19.1 Å². The number of para-hydroxylation sites is 2. The van der Waals surface area contributed by atoms with Crippen molar-refractivity contribution in [3.8, 4) is 5.75 Å². The summed E-state index contributed by atoms with van der Waals surface area (Å²) in [6.45, 7) is 1.50. The van der Waals surface area contributed by atoms with Crippen LogP contribution in [0.5, 0.6) is 5.75 Å². The van der Waals surface area contributed by atoms with Gasteiger partial charge in [-0.15, -0.1) is 0 Å². The summed E-state index contributed by atoms with van der Waals surface area (Å²) in [4.78, 5) is 24.6. The molecule has 0 saturated heterocycles. The Morgan fingerprint density at radius 1 is 1.26 bits per heavy atom. The zero-order valence-electron chi connectivity index (χ0n) is 12.4. The summed E-state index contributed by atoms with van der Waals surface area (Å²) < 4.78 is 18.8. The average Bonchev–Trinajstić information content (AvgIpc) is 2.53. The van der Waals surface area contributed by atoms with Crippen molar-refractivity contribution >= 4 is 17.5 Å². The fraction of sp³-hybridized carbons (Fsp3) is 0.176. The minimum absolute atomic E-state index is 0.102. The number of carbonyl (C=O) groups excluding carboxylic acids is 2. The van der Waals surface area contributed by atoms with Gasteiger partial charge in [-0.1, -0.05) is 24.3 Å². The topological polar surface area (TPSA) is 67.4 Å². The molecule has 0 radical (unpaired) electrons. The van der Waals surface area contributed by atoms with Crippen LogP contribution in [0.15, 0.2) is 48.5 Å². The van der Waals surface area contributed by atoms with E-state index >= 15 is 0 Å². The molecule has 2 aromatic carbocycles. The van der Waals surface area contributed by atoms with Gasteiger partial charge < -0.3 is 15.4 Å². The molecule has 118 valence electrons. The van der Waals surface area contributed by atoms with E-state index in [1.807, 2.05) is 0 Å². The molecule has 2 amide bonds. The van der Waals surface area contributed by atoms with E-state index in [0.717, 1.165) is 0 Å². The molecule has 1 heterocycles. The molecule has 0 aromatic heterocycles. The third kappa shape index (κ3) is 2.88. The van der Waals surface area contributed by atoms with Crippen LogP contribution in [0.1, 0.15) is 12.5 Å². The molecular formula is C17H15FN2O3. The second-order valence-corrected chi connectivity index (χ2v) is 5.40. The maximum atomic E-state index is 13.1. The van der Waals surface area contributed by atoms with Gasteiger partial charge in [-0.25, -0.2) is 4.39 Å². The molecule has 1 aliphatic rings. The number of fused-ring (bicyclic) bond motifs is 1. The SMILES string of the molecule is C[C@@]1(C(=O)NCc2cccc(F)c2)Oc2ccccc2NC1=O. The van der Waals surface area contributed by atoms with Crippen LogP contribution in [0.25, 0.3) is 0 Å². The standard InChI is InChI=1S/C17H15FN2O3/c1-17(15(21)19-10-11-5-4-6-12(18)9-11)16(22)20-13-7-2-3-8-14(13)23-17/h2-9H,10H2,1H3,(H,19,21)(H,20,22)/t17-/m0/s1. The van der Waals surface area contributed by atoms with Crippen LogP contribution in [-0.4, -0.2) is 17.4 Å². The van der Waals surface area contributed by atoms with Gasteiger partial charge in [0.25, 0.3) is 17.4 Å². The molecule has 0 saturated carbocycles. The molecular weight excluding hydrogens is 299 g/mol. The van der Waals surface area contributed by atoms with Gasteiger partial charge in [0.2, 0.25) is 0 Å². The quantitative estimate of drug-likeness (QED) is 0.854. The van der Waals surface area contributed by atoms with E-state index in [9.17, 15) is 14.0 Å². The monoisotopic (exact) mass is 314 g/mol. The first kappa shape index (κ1) is 15.0. The Morgan fingerprint density at radius 2 is 2.04 bits per heavy atom. The maximum Gasteiger partial charge on any atom is 0.278 e. The van der Waals surface area contributed by atoms with E-state index in [0.29, 0.717) is 17.0 Å². The Morgan fingerprint density at radius 3 is 2.83 bits per heavy atom. The molecule has 0 unspecified atom stereocenters. The second kappa shape index (κ2) is 5.72. The lowest BCUT2D eigenvalue weighted by Crippen LogP contribution is -2.58. The predicted octanol–water partition coefficient (Wildman–Crippen LogP) is 2.23. The summed E-state index contributed by atoms with van der Waals surface area (Å²) in [5.41, 5.74) is -0.562. The first-order chi connectivity index (χ1) is 11.0. The Hall–Kier alpha value is -2.89. The van der Waals surface area contributed by atoms with Crippen molar-refractivity contribution in [3.63, 3.8) is 0 Å². The summed E-state index contributed by atoms with van der Waals surface area (Å²) in [6.07, 6.45) is 0. The number of amides is 2. The molecule has 1 aliphatic heterocycles. The lowest BCUT2D eigenvalue weighted by molar-refractivity contribution is -0.146. The van der Waals surface area contributed by atoms with E-state index in [1.165, 1.54) is 19.1 Å². The van der Waals surface area contributed by atoms with E-state index in [2.05, 4.69) is 10.6 Å². The number of ether oxygens (including phenoxy) is 1. The lowest BCUT2D eigenvalue weighted by atomic mass is 10.0. The van der Waals surface area contributed by atoms with Crippen molar-refractivity contribution < 1.29 is 18.7 Å². The van der Waals surface area contributed by atoms with Gasteiger partial charge in [0.05, 0.1) is 5.69 Å².